The highest BCUT2D eigenvalue weighted by molar-refractivity contribution is 5.84. The summed E-state index contributed by atoms with van der Waals surface area (Å²) in [7, 11) is 1.34. The number of carbonyl (C=O) groups excluding carboxylic acids is 1. The molecule has 0 saturated heterocycles. The molecule has 0 aliphatic heterocycles. The Balaban J connectivity index is 2.24. The lowest BCUT2D eigenvalue weighted by Gasteiger charge is -1.89. The first-order chi connectivity index (χ1) is 7.81. The average Bonchev–Trinajstić information content (AvgIpc) is 2.73. The summed E-state index contributed by atoms with van der Waals surface area (Å²) in [6.07, 6.45) is 1.69. The number of benzene rings is 1. The van der Waals surface area contributed by atoms with Crippen molar-refractivity contribution in [1.82, 2.24) is 0 Å². The van der Waals surface area contributed by atoms with Gasteiger partial charge in [-0.15, -0.1) is 0 Å². The van der Waals surface area contributed by atoms with Crippen LogP contribution in [0.5, 0.6) is 0 Å². The van der Waals surface area contributed by atoms with Crippen molar-refractivity contribution >= 4 is 16.9 Å². The summed E-state index contributed by atoms with van der Waals surface area (Å²) < 4.78 is 9.81. The Morgan fingerprint density at radius 1 is 1.44 bits per heavy atom. The molecule has 0 atom stereocenters. The van der Waals surface area contributed by atoms with E-state index < -0.39 is 0 Å². The summed E-state index contributed by atoms with van der Waals surface area (Å²) in [5.74, 6) is 5.30. The van der Waals surface area contributed by atoms with E-state index in [0.29, 0.717) is 0 Å². The monoisotopic (exact) mass is 214 g/mol. The van der Waals surface area contributed by atoms with Crippen LogP contribution in [0.1, 0.15) is 12.0 Å². The Kier molecular flexibility index (Phi) is 2.93. The first kappa shape index (κ1) is 10.3. The van der Waals surface area contributed by atoms with Crippen LogP contribution in [0.3, 0.4) is 0 Å². The van der Waals surface area contributed by atoms with Gasteiger partial charge < -0.3 is 9.15 Å². The van der Waals surface area contributed by atoms with E-state index in [2.05, 4.69) is 16.6 Å². The third kappa shape index (κ3) is 2.06. The van der Waals surface area contributed by atoms with Gasteiger partial charge in [0.05, 0.1) is 12.7 Å². The summed E-state index contributed by atoms with van der Waals surface area (Å²) in [6.45, 7) is 0. The number of hydrogen-bond acceptors (Lipinski definition) is 3. The van der Waals surface area contributed by atoms with E-state index in [1.807, 2.05) is 24.3 Å². The molecule has 0 radical (unpaired) electrons. The van der Waals surface area contributed by atoms with Crippen LogP contribution in [-0.2, 0) is 9.53 Å². The van der Waals surface area contributed by atoms with E-state index in [1.165, 1.54) is 7.11 Å². The zero-order valence-corrected chi connectivity index (χ0v) is 8.82. The zero-order valence-electron chi connectivity index (χ0n) is 8.82. The van der Waals surface area contributed by atoms with Crippen molar-refractivity contribution < 1.29 is 13.9 Å². The van der Waals surface area contributed by atoms with Gasteiger partial charge in [0.1, 0.15) is 18.3 Å². The van der Waals surface area contributed by atoms with E-state index in [9.17, 15) is 4.79 Å². The van der Waals surface area contributed by atoms with E-state index in [1.54, 1.807) is 6.26 Å². The summed E-state index contributed by atoms with van der Waals surface area (Å²) in [4.78, 5) is 10.9. The lowest BCUT2D eigenvalue weighted by molar-refractivity contribution is -0.139. The van der Waals surface area contributed by atoms with Gasteiger partial charge in [0.2, 0.25) is 0 Å². The molecular weight excluding hydrogens is 204 g/mol. The predicted octanol–water partition coefficient (Wildman–Crippen LogP) is 2.35. The van der Waals surface area contributed by atoms with E-state index >= 15 is 0 Å². The number of esters is 1. The predicted molar refractivity (Wildman–Crippen MR) is 59.7 cm³/mol. The van der Waals surface area contributed by atoms with E-state index in [-0.39, 0.29) is 12.4 Å². The highest BCUT2D eigenvalue weighted by Gasteiger charge is 2.01. The zero-order chi connectivity index (χ0) is 11.4. The van der Waals surface area contributed by atoms with Crippen molar-refractivity contribution in [1.29, 1.82) is 0 Å². The molecule has 0 amide bonds. The van der Waals surface area contributed by atoms with Gasteiger partial charge in [-0.2, -0.15) is 0 Å². The fourth-order valence-electron chi connectivity index (χ4n) is 1.36. The molecule has 0 aliphatic rings. The number of methoxy groups -OCH3 is 1. The highest BCUT2D eigenvalue weighted by Crippen LogP contribution is 2.19. The Bertz CT molecular complexity index is 569. The Hall–Kier alpha value is -2.21. The molecule has 3 nitrogen and oxygen atoms in total. The summed E-state index contributed by atoms with van der Waals surface area (Å²) in [5.41, 5.74) is 1.59. The van der Waals surface area contributed by atoms with Gasteiger partial charge in [-0.25, -0.2) is 0 Å². The fourth-order valence-corrected chi connectivity index (χ4v) is 1.36. The molecule has 2 aromatic rings. The fraction of sp³-hybridized carbons (Fsp3) is 0.154. The standard InChI is InChI=1S/C13H10O3/c1-15-13(14)8-4-5-10-9-16-12-7-3-2-6-11(10)12/h2-3,6-7,9H,8H2,1H3. The Morgan fingerprint density at radius 2 is 2.25 bits per heavy atom. The van der Waals surface area contributed by atoms with Crippen LogP contribution in [0, 0.1) is 11.8 Å². The largest absolute Gasteiger partial charge is 0.468 e. The quantitative estimate of drug-likeness (QED) is 0.540. The summed E-state index contributed by atoms with van der Waals surface area (Å²) >= 11 is 0. The summed E-state index contributed by atoms with van der Waals surface area (Å²) in [5, 5.41) is 0.958. The first-order valence-corrected chi connectivity index (χ1v) is 4.83. The smallest absolute Gasteiger partial charge is 0.317 e. The van der Waals surface area contributed by atoms with Crippen molar-refractivity contribution in [2.45, 2.75) is 6.42 Å². The molecule has 0 aliphatic carbocycles. The minimum atomic E-state index is -0.333. The number of fused-ring (bicyclic) bond motifs is 1. The molecule has 1 aromatic carbocycles. The number of carbonyl (C=O) groups is 1. The third-order valence-electron chi connectivity index (χ3n) is 2.16. The third-order valence-corrected chi connectivity index (χ3v) is 2.16. The average molecular weight is 214 g/mol. The maximum Gasteiger partial charge on any atom is 0.317 e. The van der Waals surface area contributed by atoms with Gasteiger partial charge in [0.15, 0.2) is 0 Å². The molecule has 1 heterocycles. The van der Waals surface area contributed by atoms with Crippen LogP contribution in [-0.4, -0.2) is 13.1 Å². The molecule has 80 valence electrons. The normalized spacial score (nSPS) is 9.56. The molecule has 1 aromatic heterocycles. The van der Waals surface area contributed by atoms with E-state index in [0.717, 1.165) is 16.5 Å². The van der Waals surface area contributed by atoms with Crippen LogP contribution >= 0.6 is 0 Å². The molecule has 0 saturated carbocycles. The molecule has 0 spiro atoms. The van der Waals surface area contributed by atoms with Crippen LogP contribution in [0.25, 0.3) is 11.0 Å². The number of para-hydroxylation sites is 1. The maximum absolute atomic E-state index is 10.9. The van der Waals surface area contributed by atoms with Crippen LogP contribution in [0.2, 0.25) is 0 Å². The van der Waals surface area contributed by atoms with Crippen LogP contribution < -0.4 is 0 Å². The van der Waals surface area contributed by atoms with Crippen LogP contribution in [0.4, 0.5) is 0 Å². The number of hydrogen-bond donors (Lipinski definition) is 0. The van der Waals surface area contributed by atoms with Crippen LogP contribution in [0.15, 0.2) is 34.9 Å². The molecule has 0 unspecified atom stereocenters. The van der Waals surface area contributed by atoms with Gasteiger partial charge in [-0.3, -0.25) is 4.79 Å². The molecular formula is C13H10O3. The van der Waals surface area contributed by atoms with Crippen molar-refractivity contribution in [3.8, 4) is 11.8 Å². The topological polar surface area (TPSA) is 39.4 Å². The Labute approximate surface area is 93.0 Å². The lowest BCUT2D eigenvalue weighted by atomic mass is 10.2. The number of rotatable bonds is 1. The molecule has 3 heteroatoms. The molecule has 16 heavy (non-hydrogen) atoms. The van der Waals surface area contributed by atoms with Crippen molar-refractivity contribution in [2.75, 3.05) is 7.11 Å². The SMILES string of the molecule is COC(=O)CC#Cc1coc2ccccc12. The minimum absolute atomic E-state index is 0.0933. The Morgan fingerprint density at radius 3 is 3.06 bits per heavy atom. The molecule has 0 bridgehead atoms. The molecule has 0 fully saturated rings. The summed E-state index contributed by atoms with van der Waals surface area (Å²) in [6, 6.07) is 7.63. The van der Waals surface area contributed by atoms with Crippen molar-refractivity contribution in [2.24, 2.45) is 0 Å². The molecule has 2 rings (SSSR count). The van der Waals surface area contributed by atoms with E-state index in [4.69, 9.17) is 4.42 Å². The second kappa shape index (κ2) is 4.54. The van der Waals surface area contributed by atoms with Gasteiger partial charge in [-0.05, 0) is 12.1 Å². The maximum atomic E-state index is 10.9. The van der Waals surface area contributed by atoms with Gasteiger partial charge >= 0.3 is 5.97 Å². The highest BCUT2D eigenvalue weighted by atomic mass is 16.5. The van der Waals surface area contributed by atoms with Gasteiger partial charge in [0, 0.05) is 5.39 Å². The number of ether oxygens (including phenoxy) is 1. The van der Waals surface area contributed by atoms with Crippen molar-refractivity contribution in [3.05, 3.63) is 36.1 Å². The van der Waals surface area contributed by atoms with Crippen molar-refractivity contribution in [3.63, 3.8) is 0 Å². The minimum Gasteiger partial charge on any atom is -0.468 e. The number of furan rings is 1. The second-order valence-corrected chi connectivity index (χ2v) is 3.20. The molecule has 0 N–H and O–H groups in total. The second-order valence-electron chi connectivity index (χ2n) is 3.20. The lowest BCUT2D eigenvalue weighted by Crippen LogP contribution is -1.96. The first-order valence-electron chi connectivity index (χ1n) is 4.83. The van der Waals surface area contributed by atoms with Gasteiger partial charge in [0.25, 0.3) is 0 Å². The van der Waals surface area contributed by atoms with Gasteiger partial charge in [-0.1, -0.05) is 24.0 Å².